The van der Waals surface area contributed by atoms with Crippen molar-refractivity contribution in [3.63, 3.8) is 0 Å². The van der Waals surface area contributed by atoms with Gasteiger partial charge in [0.2, 0.25) is 5.91 Å². The van der Waals surface area contributed by atoms with Crippen LogP contribution in [-0.4, -0.2) is 67.6 Å². The van der Waals surface area contributed by atoms with Gasteiger partial charge in [-0.05, 0) is 13.0 Å². The SMILES string of the molecule is NCCCNC(=O)C1CN2CCN1CC2. The summed E-state index contributed by atoms with van der Waals surface area (Å²) in [5.74, 6) is 0.174. The minimum Gasteiger partial charge on any atom is -0.355 e. The first-order chi connectivity index (χ1) is 7.31. The van der Waals surface area contributed by atoms with Gasteiger partial charge in [0, 0.05) is 39.3 Å². The lowest BCUT2D eigenvalue weighted by molar-refractivity contribution is -0.131. The molecular weight excluding hydrogens is 192 g/mol. The number of hydrogen-bond acceptors (Lipinski definition) is 4. The fourth-order valence-electron chi connectivity index (χ4n) is 2.30. The second kappa shape index (κ2) is 4.92. The highest BCUT2D eigenvalue weighted by atomic mass is 16.2. The molecule has 3 heterocycles. The van der Waals surface area contributed by atoms with E-state index in [1.54, 1.807) is 0 Å². The van der Waals surface area contributed by atoms with Gasteiger partial charge in [0.15, 0.2) is 0 Å². The third kappa shape index (κ3) is 2.48. The normalized spacial score (nSPS) is 34.1. The van der Waals surface area contributed by atoms with E-state index in [1.165, 1.54) is 0 Å². The van der Waals surface area contributed by atoms with Crippen LogP contribution in [0.15, 0.2) is 0 Å². The van der Waals surface area contributed by atoms with E-state index in [0.29, 0.717) is 13.1 Å². The summed E-state index contributed by atoms with van der Waals surface area (Å²) in [5, 5.41) is 2.95. The Labute approximate surface area is 90.6 Å². The average Bonchev–Trinajstić information content (AvgIpc) is 2.30. The summed E-state index contributed by atoms with van der Waals surface area (Å²) in [6, 6.07) is 0.0743. The third-order valence-electron chi connectivity index (χ3n) is 3.26. The van der Waals surface area contributed by atoms with Crippen molar-refractivity contribution in [1.82, 2.24) is 15.1 Å². The molecule has 5 nitrogen and oxygen atoms in total. The molecule has 0 aliphatic carbocycles. The Bertz CT molecular complexity index is 225. The number of amides is 1. The molecule has 3 fully saturated rings. The number of rotatable bonds is 4. The van der Waals surface area contributed by atoms with Crippen LogP contribution in [0.5, 0.6) is 0 Å². The highest BCUT2D eigenvalue weighted by molar-refractivity contribution is 5.82. The zero-order chi connectivity index (χ0) is 10.7. The molecule has 0 aromatic rings. The van der Waals surface area contributed by atoms with Crippen molar-refractivity contribution in [2.75, 3.05) is 45.8 Å². The van der Waals surface area contributed by atoms with Gasteiger partial charge in [-0.25, -0.2) is 0 Å². The zero-order valence-corrected chi connectivity index (χ0v) is 9.11. The molecule has 1 amide bonds. The molecule has 3 rings (SSSR count). The monoisotopic (exact) mass is 212 g/mol. The maximum absolute atomic E-state index is 11.8. The zero-order valence-electron chi connectivity index (χ0n) is 9.11. The maximum atomic E-state index is 11.8. The van der Waals surface area contributed by atoms with Crippen molar-refractivity contribution < 1.29 is 4.79 Å². The molecular formula is C10H20N4O. The molecule has 3 saturated heterocycles. The molecule has 2 bridgehead atoms. The first kappa shape index (κ1) is 10.9. The van der Waals surface area contributed by atoms with Gasteiger partial charge in [0.05, 0.1) is 0 Å². The molecule has 3 N–H and O–H groups in total. The first-order valence-corrected chi connectivity index (χ1v) is 5.75. The van der Waals surface area contributed by atoms with Crippen molar-refractivity contribution in [2.24, 2.45) is 5.73 Å². The lowest BCUT2D eigenvalue weighted by atomic mass is 10.1. The van der Waals surface area contributed by atoms with Crippen molar-refractivity contribution in [1.29, 1.82) is 0 Å². The van der Waals surface area contributed by atoms with E-state index in [9.17, 15) is 4.79 Å². The van der Waals surface area contributed by atoms with Crippen LogP contribution in [0.3, 0.4) is 0 Å². The lowest BCUT2D eigenvalue weighted by Crippen LogP contribution is -2.65. The number of carbonyl (C=O) groups is 1. The van der Waals surface area contributed by atoms with Crippen molar-refractivity contribution in [2.45, 2.75) is 12.5 Å². The van der Waals surface area contributed by atoms with E-state index in [4.69, 9.17) is 5.73 Å². The van der Waals surface area contributed by atoms with Gasteiger partial charge in [-0.2, -0.15) is 0 Å². The Morgan fingerprint density at radius 3 is 2.60 bits per heavy atom. The van der Waals surface area contributed by atoms with Crippen molar-refractivity contribution >= 4 is 5.91 Å². The quantitative estimate of drug-likeness (QED) is 0.554. The fraction of sp³-hybridized carbons (Fsp3) is 0.900. The van der Waals surface area contributed by atoms with E-state index in [-0.39, 0.29) is 11.9 Å². The summed E-state index contributed by atoms with van der Waals surface area (Å²) >= 11 is 0. The van der Waals surface area contributed by atoms with Crippen LogP contribution in [0.4, 0.5) is 0 Å². The number of nitrogens with two attached hydrogens (primary N) is 1. The van der Waals surface area contributed by atoms with Crippen molar-refractivity contribution in [3.05, 3.63) is 0 Å². The number of carbonyl (C=O) groups excluding carboxylic acids is 1. The molecule has 0 aromatic heterocycles. The van der Waals surface area contributed by atoms with Gasteiger partial charge in [0.1, 0.15) is 6.04 Å². The summed E-state index contributed by atoms with van der Waals surface area (Å²) in [6.07, 6.45) is 0.863. The Kier molecular flexibility index (Phi) is 3.56. The molecule has 3 aliphatic heterocycles. The number of fused-ring (bicyclic) bond motifs is 3. The Balaban J connectivity index is 1.80. The summed E-state index contributed by atoms with van der Waals surface area (Å²) in [7, 11) is 0. The van der Waals surface area contributed by atoms with Crippen LogP contribution in [0, 0.1) is 0 Å². The van der Waals surface area contributed by atoms with Gasteiger partial charge in [-0.15, -0.1) is 0 Å². The van der Waals surface area contributed by atoms with Gasteiger partial charge in [-0.3, -0.25) is 14.6 Å². The van der Waals surface area contributed by atoms with Crippen LogP contribution >= 0.6 is 0 Å². The van der Waals surface area contributed by atoms with Crippen LogP contribution in [0.2, 0.25) is 0 Å². The standard InChI is InChI=1S/C10H20N4O/c11-2-1-3-12-10(15)9-8-13-4-6-14(9)7-5-13/h9H,1-8,11H2,(H,12,15). The molecule has 0 aromatic carbocycles. The van der Waals surface area contributed by atoms with Gasteiger partial charge >= 0.3 is 0 Å². The number of nitrogens with zero attached hydrogens (tertiary/aromatic N) is 2. The second-order valence-corrected chi connectivity index (χ2v) is 4.29. The van der Waals surface area contributed by atoms with E-state index in [0.717, 1.165) is 39.1 Å². The molecule has 0 spiro atoms. The average molecular weight is 212 g/mol. The van der Waals surface area contributed by atoms with Crippen LogP contribution in [-0.2, 0) is 4.79 Å². The molecule has 1 atom stereocenters. The Hall–Kier alpha value is -0.650. The summed E-state index contributed by atoms with van der Waals surface area (Å²) < 4.78 is 0. The predicted octanol–water partition coefficient (Wildman–Crippen LogP) is -1.55. The third-order valence-corrected chi connectivity index (χ3v) is 3.26. The van der Waals surface area contributed by atoms with E-state index in [1.807, 2.05) is 0 Å². The summed E-state index contributed by atoms with van der Waals surface area (Å²) in [5.41, 5.74) is 5.38. The van der Waals surface area contributed by atoms with Crippen molar-refractivity contribution in [3.8, 4) is 0 Å². The molecule has 86 valence electrons. The van der Waals surface area contributed by atoms with Crippen LogP contribution in [0.25, 0.3) is 0 Å². The number of piperazine rings is 3. The maximum Gasteiger partial charge on any atom is 0.238 e. The second-order valence-electron chi connectivity index (χ2n) is 4.29. The number of nitrogens with one attached hydrogen (secondary N) is 1. The number of hydrogen-bond donors (Lipinski definition) is 2. The topological polar surface area (TPSA) is 61.6 Å². The van der Waals surface area contributed by atoms with Crippen LogP contribution < -0.4 is 11.1 Å². The minimum atomic E-state index is 0.0743. The first-order valence-electron chi connectivity index (χ1n) is 5.75. The predicted molar refractivity (Wildman–Crippen MR) is 58.5 cm³/mol. The molecule has 5 heteroatoms. The van der Waals surface area contributed by atoms with E-state index < -0.39 is 0 Å². The fourth-order valence-corrected chi connectivity index (χ4v) is 2.30. The highest BCUT2D eigenvalue weighted by Crippen LogP contribution is 2.15. The molecule has 3 aliphatic rings. The largest absolute Gasteiger partial charge is 0.355 e. The molecule has 0 radical (unpaired) electrons. The smallest absolute Gasteiger partial charge is 0.238 e. The summed E-state index contributed by atoms with van der Waals surface area (Å²) in [4.78, 5) is 16.5. The highest BCUT2D eigenvalue weighted by Gasteiger charge is 2.35. The molecule has 0 saturated carbocycles. The van der Waals surface area contributed by atoms with E-state index in [2.05, 4.69) is 15.1 Å². The Morgan fingerprint density at radius 2 is 2.07 bits per heavy atom. The molecule has 1 unspecified atom stereocenters. The van der Waals surface area contributed by atoms with E-state index >= 15 is 0 Å². The minimum absolute atomic E-state index is 0.0743. The Morgan fingerprint density at radius 1 is 1.33 bits per heavy atom. The van der Waals surface area contributed by atoms with Gasteiger partial charge in [-0.1, -0.05) is 0 Å². The van der Waals surface area contributed by atoms with Crippen LogP contribution in [0.1, 0.15) is 6.42 Å². The molecule has 15 heavy (non-hydrogen) atoms. The van der Waals surface area contributed by atoms with Gasteiger partial charge in [0.25, 0.3) is 0 Å². The lowest BCUT2D eigenvalue weighted by Gasteiger charge is -2.46. The summed E-state index contributed by atoms with van der Waals surface area (Å²) in [6.45, 7) is 6.55. The van der Waals surface area contributed by atoms with Gasteiger partial charge < -0.3 is 11.1 Å².